The number of hydrogen-bond acceptors (Lipinski definition) is 2. The van der Waals surface area contributed by atoms with Crippen LogP contribution in [0, 0.1) is 30.8 Å². The molecule has 0 radical (unpaired) electrons. The van der Waals surface area contributed by atoms with Gasteiger partial charge >= 0.3 is 0 Å². The molecule has 2 nitrogen and oxygen atoms in total. The Kier molecular flexibility index (Phi) is 16.9. The summed E-state index contributed by atoms with van der Waals surface area (Å²) in [7, 11) is 0. The van der Waals surface area contributed by atoms with Gasteiger partial charge in [-0.3, -0.25) is 0 Å². The molecule has 0 heterocycles. The molecule has 42 heavy (non-hydrogen) atoms. The van der Waals surface area contributed by atoms with Gasteiger partial charge in [0.05, 0.1) is 24.3 Å². The van der Waals surface area contributed by atoms with E-state index in [2.05, 4.69) is 131 Å². The van der Waals surface area contributed by atoms with Gasteiger partial charge in [0, 0.05) is 30.4 Å². The lowest BCUT2D eigenvalue weighted by atomic mass is 10.1. The SMILES string of the molecule is CCCCCCCCOc1cc(C#Cc2ccc(I)cc2)c(OCCCCCCCC)cc1C#Cc1ccc(I)cc1. The van der Waals surface area contributed by atoms with Crippen molar-refractivity contribution in [1.29, 1.82) is 0 Å². The van der Waals surface area contributed by atoms with Crippen LogP contribution in [0.1, 0.15) is 113 Å². The zero-order valence-corrected chi connectivity index (χ0v) is 29.6. The average Bonchev–Trinajstić information content (AvgIpc) is 3.00. The minimum Gasteiger partial charge on any atom is -0.492 e. The lowest BCUT2D eigenvalue weighted by molar-refractivity contribution is 0.295. The van der Waals surface area contributed by atoms with Crippen molar-refractivity contribution in [3.8, 4) is 35.2 Å². The van der Waals surface area contributed by atoms with E-state index in [1.165, 1.54) is 71.3 Å². The Morgan fingerprint density at radius 3 is 1.21 bits per heavy atom. The van der Waals surface area contributed by atoms with Crippen molar-refractivity contribution in [2.75, 3.05) is 13.2 Å². The Hall–Kier alpha value is -2.16. The van der Waals surface area contributed by atoms with Crippen LogP contribution in [-0.2, 0) is 0 Å². The first-order valence-corrected chi connectivity index (χ1v) is 17.7. The van der Waals surface area contributed by atoms with Gasteiger partial charge in [-0.25, -0.2) is 0 Å². The van der Waals surface area contributed by atoms with Gasteiger partial charge in [-0.05, 0) is 107 Å². The summed E-state index contributed by atoms with van der Waals surface area (Å²) in [5, 5.41) is 0. The Balaban J connectivity index is 1.86. The van der Waals surface area contributed by atoms with E-state index in [9.17, 15) is 0 Å². The minimum absolute atomic E-state index is 0.673. The number of ether oxygens (including phenoxy) is 2. The number of benzene rings is 3. The Bertz CT molecular complexity index is 1220. The molecule has 0 N–H and O–H groups in total. The van der Waals surface area contributed by atoms with Crippen molar-refractivity contribution >= 4 is 45.2 Å². The van der Waals surface area contributed by atoms with E-state index in [0.717, 1.165) is 46.6 Å². The first kappa shape index (κ1) is 34.3. The first-order valence-electron chi connectivity index (χ1n) is 15.6. The smallest absolute Gasteiger partial charge is 0.136 e. The predicted molar refractivity (Wildman–Crippen MR) is 194 cm³/mol. The second kappa shape index (κ2) is 20.7. The third-order valence-electron chi connectivity index (χ3n) is 6.96. The number of hydrogen-bond donors (Lipinski definition) is 0. The standard InChI is InChI=1S/C38H44I2O2/c1-3-5-7-9-11-13-27-41-37-29-34(22-16-32-19-25-36(40)26-20-32)38(42-28-14-12-10-8-6-4-2)30-33(37)21-15-31-17-23-35(39)24-18-31/h17-20,23-26,29-30H,3-14,27-28H2,1-2H3. The minimum atomic E-state index is 0.673. The maximum absolute atomic E-state index is 6.37. The van der Waals surface area contributed by atoms with Gasteiger partial charge < -0.3 is 9.47 Å². The third kappa shape index (κ3) is 13.4. The molecule has 0 saturated heterocycles. The second-order valence-corrected chi connectivity index (χ2v) is 13.1. The van der Waals surface area contributed by atoms with Crippen LogP contribution in [0.25, 0.3) is 0 Å². The van der Waals surface area contributed by atoms with Crippen molar-refractivity contribution in [2.45, 2.75) is 90.9 Å². The van der Waals surface area contributed by atoms with Gasteiger partial charge in [0.1, 0.15) is 11.5 Å². The van der Waals surface area contributed by atoms with Crippen molar-refractivity contribution in [2.24, 2.45) is 0 Å². The Morgan fingerprint density at radius 2 is 0.833 bits per heavy atom. The van der Waals surface area contributed by atoms with E-state index in [0.29, 0.717) is 13.2 Å². The topological polar surface area (TPSA) is 18.5 Å². The molecule has 0 spiro atoms. The average molecular weight is 787 g/mol. The van der Waals surface area contributed by atoms with Crippen molar-refractivity contribution < 1.29 is 9.47 Å². The molecule has 0 aliphatic rings. The summed E-state index contributed by atoms with van der Waals surface area (Å²) in [6.45, 7) is 5.85. The van der Waals surface area contributed by atoms with Crippen LogP contribution in [0.15, 0.2) is 60.7 Å². The predicted octanol–water partition coefficient (Wildman–Crippen LogP) is 11.2. The fourth-order valence-corrected chi connectivity index (χ4v) is 5.19. The molecule has 0 unspecified atom stereocenters. The lowest BCUT2D eigenvalue weighted by Gasteiger charge is -2.14. The van der Waals surface area contributed by atoms with Crippen LogP contribution >= 0.6 is 45.2 Å². The zero-order valence-electron chi connectivity index (χ0n) is 25.2. The van der Waals surface area contributed by atoms with E-state index in [4.69, 9.17) is 9.47 Å². The van der Waals surface area contributed by atoms with Gasteiger partial charge in [-0.15, -0.1) is 0 Å². The summed E-state index contributed by atoms with van der Waals surface area (Å²) in [4.78, 5) is 0. The monoisotopic (exact) mass is 786 g/mol. The number of rotatable bonds is 16. The molecule has 222 valence electrons. The molecule has 3 aromatic rings. The molecule has 3 rings (SSSR count). The highest BCUT2D eigenvalue weighted by Gasteiger charge is 2.11. The molecule has 0 amide bonds. The Morgan fingerprint density at radius 1 is 0.476 bits per heavy atom. The van der Waals surface area contributed by atoms with E-state index < -0.39 is 0 Å². The second-order valence-electron chi connectivity index (χ2n) is 10.6. The summed E-state index contributed by atoms with van der Waals surface area (Å²) in [6.07, 6.45) is 14.7. The van der Waals surface area contributed by atoms with Gasteiger partial charge in [0.2, 0.25) is 0 Å². The molecule has 0 atom stereocenters. The highest BCUT2D eigenvalue weighted by molar-refractivity contribution is 14.1. The fraction of sp³-hybridized carbons (Fsp3) is 0.421. The zero-order chi connectivity index (χ0) is 29.8. The third-order valence-corrected chi connectivity index (χ3v) is 8.40. The summed E-state index contributed by atoms with van der Waals surface area (Å²) in [5.41, 5.74) is 3.65. The molecule has 0 aromatic heterocycles. The van der Waals surface area contributed by atoms with Crippen LogP contribution in [-0.4, -0.2) is 13.2 Å². The molecular weight excluding hydrogens is 742 g/mol. The van der Waals surface area contributed by atoms with Crippen LogP contribution < -0.4 is 9.47 Å². The maximum atomic E-state index is 6.37. The molecule has 3 aromatic carbocycles. The van der Waals surface area contributed by atoms with Gasteiger partial charge in [-0.1, -0.05) is 102 Å². The van der Waals surface area contributed by atoms with E-state index in [1.54, 1.807) is 0 Å². The largest absolute Gasteiger partial charge is 0.492 e. The normalized spacial score (nSPS) is 10.4. The van der Waals surface area contributed by atoms with Crippen molar-refractivity contribution in [3.63, 3.8) is 0 Å². The van der Waals surface area contributed by atoms with Gasteiger partial charge in [-0.2, -0.15) is 0 Å². The first-order chi connectivity index (χ1) is 20.6. The highest BCUT2D eigenvalue weighted by atomic mass is 127. The molecular formula is C38H44I2O2. The lowest BCUT2D eigenvalue weighted by Crippen LogP contribution is -2.03. The molecule has 4 heteroatoms. The highest BCUT2D eigenvalue weighted by Crippen LogP contribution is 2.29. The van der Waals surface area contributed by atoms with Crippen molar-refractivity contribution in [3.05, 3.63) is 90.1 Å². The molecule has 0 aliphatic heterocycles. The summed E-state index contributed by atoms with van der Waals surface area (Å²) in [5.74, 6) is 15.0. The fourth-order valence-electron chi connectivity index (χ4n) is 4.47. The quantitative estimate of drug-likeness (QED) is 0.0818. The molecule has 0 aliphatic carbocycles. The molecule has 0 saturated carbocycles. The van der Waals surface area contributed by atoms with Crippen molar-refractivity contribution in [1.82, 2.24) is 0 Å². The molecule has 0 bridgehead atoms. The summed E-state index contributed by atoms with van der Waals surface area (Å²) >= 11 is 4.64. The van der Waals surface area contributed by atoms with Gasteiger partial charge in [0.25, 0.3) is 0 Å². The van der Waals surface area contributed by atoms with Crippen LogP contribution in [0.2, 0.25) is 0 Å². The van der Waals surface area contributed by atoms with Crippen LogP contribution in [0.3, 0.4) is 0 Å². The van der Waals surface area contributed by atoms with Crippen LogP contribution in [0.4, 0.5) is 0 Å². The van der Waals surface area contributed by atoms with E-state index in [1.807, 2.05) is 12.1 Å². The number of halogens is 2. The van der Waals surface area contributed by atoms with E-state index >= 15 is 0 Å². The maximum Gasteiger partial charge on any atom is 0.136 e. The summed E-state index contributed by atoms with van der Waals surface area (Å²) < 4.78 is 15.1. The molecule has 0 fully saturated rings. The van der Waals surface area contributed by atoms with Gasteiger partial charge in [0.15, 0.2) is 0 Å². The Labute approximate surface area is 282 Å². The summed E-state index contributed by atoms with van der Waals surface area (Å²) in [6, 6.07) is 20.6. The van der Waals surface area contributed by atoms with E-state index in [-0.39, 0.29) is 0 Å². The van der Waals surface area contributed by atoms with Crippen LogP contribution in [0.5, 0.6) is 11.5 Å². The number of unbranched alkanes of at least 4 members (excludes halogenated alkanes) is 10.